The van der Waals surface area contributed by atoms with Gasteiger partial charge in [0.1, 0.15) is 0 Å². The summed E-state index contributed by atoms with van der Waals surface area (Å²) in [6, 6.07) is 27.3. The first-order chi connectivity index (χ1) is 11.9. The van der Waals surface area contributed by atoms with Gasteiger partial charge < -0.3 is 0 Å². The lowest BCUT2D eigenvalue weighted by Gasteiger charge is -2.07. The lowest BCUT2D eigenvalue weighted by atomic mass is 10.0. The second-order valence-corrected chi connectivity index (χ2v) is 5.96. The van der Waals surface area contributed by atoms with E-state index in [0.717, 1.165) is 27.7 Å². The van der Waals surface area contributed by atoms with Gasteiger partial charge in [-0.25, -0.2) is 4.98 Å². The number of pyridine rings is 2. The molecule has 112 valence electrons. The zero-order valence-electron chi connectivity index (χ0n) is 13.0. The van der Waals surface area contributed by atoms with E-state index >= 15 is 0 Å². The molecule has 0 aliphatic carbocycles. The van der Waals surface area contributed by atoms with Crippen LogP contribution in [-0.2, 0) is 0 Å². The van der Waals surface area contributed by atoms with Gasteiger partial charge >= 0.3 is 0 Å². The van der Waals surface area contributed by atoms with E-state index in [-0.39, 0.29) is 0 Å². The highest BCUT2D eigenvalue weighted by Gasteiger charge is 2.05. The van der Waals surface area contributed by atoms with Crippen LogP contribution in [0.1, 0.15) is 0 Å². The van der Waals surface area contributed by atoms with Gasteiger partial charge in [0.2, 0.25) is 0 Å². The summed E-state index contributed by atoms with van der Waals surface area (Å²) in [6.45, 7) is 0. The SMILES string of the molecule is c1cnc2ccc(-c3ccc4c(ccc5ccccc54)n3)cc2c1. The third-order valence-corrected chi connectivity index (χ3v) is 4.50. The third-order valence-electron chi connectivity index (χ3n) is 4.50. The molecule has 5 rings (SSSR count). The zero-order valence-corrected chi connectivity index (χ0v) is 13.0. The predicted octanol–water partition coefficient (Wildman–Crippen LogP) is 5.60. The summed E-state index contributed by atoms with van der Waals surface area (Å²) in [5.74, 6) is 0. The van der Waals surface area contributed by atoms with Crippen LogP contribution in [0.5, 0.6) is 0 Å². The Hall–Kier alpha value is -3.26. The van der Waals surface area contributed by atoms with Crippen LogP contribution in [0.3, 0.4) is 0 Å². The zero-order chi connectivity index (χ0) is 15.9. The highest BCUT2D eigenvalue weighted by Crippen LogP contribution is 2.28. The normalized spacial score (nSPS) is 11.3. The summed E-state index contributed by atoms with van der Waals surface area (Å²) in [7, 11) is 0. The average molecular weight is 306 g/mol. The van der Waals surface area contributed by atoms with Gasteiger partial charge in [-0.05, 0) is 41.1 Å². The molecule has 0 saturated carbocycles. The minimum atomic E-state index is 0.989. The number of benzene rings is 3. The molecule has 24 heavy (non-hydrogen) atoms. The molecule has 2 aromatic heterocycles. The van der Waals surface area contributed by atoms with Crippen LogP contribution >= 0.6 is 0 Å². The molecular weight excluding hydrogens is 292 g/mol. The van der Waals surface area contributed by atoms with Crippen molar-refractivity contribution in [2.75, 3.05) is 0 Å². The first-order valence-corrected chi connectivity index (χ1v) is 8.02. The van der Waals surface area contributed by atoms with Gasteiger partial charge in [-0.3, -0.25) is 4.98 Å². The smallest absolute Gasteiger partial charge is 0.0715 e. The van der Waals surface area contributed by atoms with Gasteiger partial charge in [-0.15, -0.1) is 0 Å². The van der Waals surface area contributed by atoms with Gasteiger partial charge in [0, 0.05) is 22.5 Å². The van der Waals surface area contributed by atoms with Crippen molar-refractivity contribution in [1.82, 2.24) is 9.97 Å². The predicted molar refractivity (Wildman–Crippen MR) is 100.0 cm³/mol. The fourth-order valence-corrected chi connectivity index (χ4v) is 3.28. The summed E-state index contributed by atoms with van der Waals surface area (Å²) in [5.41, 5.74) is 4.14. The summed E-state index contributed by atoms with van der Waals surface area (Å²) in [4.78, 5) is 9.26. The van der Waals surface area contributed by atoms with Crippen molar-refractivity contribution in [3.63, 3.8) is 0 Å². The molecule has 0 atom stereocenters. The van der Waals surface area contributed by atoms with Crippen molar-refractivity contribution in [1.29, 1.82) is 0 Å². The molecule has 2 nitrogen and oxygen atoms in total. The van der Waals surface area contributed by atoms with Gasteiger partial charge in [0.05, 0.1) is 16.7 Å². The van der Waals surface area contributed by atoms with E-state index in [4.69, 9.17) is 4.98 Å². The molecule has 2 heterocycles. The monoisotopic (exact) mass is 306 g/mol. The van der Waals surface area contributed by atoms with Crippen LogP contribution in [0.15, 0.2) is 85.1 Å². The van der Waals surface area contributed by atoms with Crippen molar-refractivity contribution in [2.24, 2.45) is 0 Å². The van der Waals surface area contributed by atoms with E-state index in [9.17, 15) is 0 Å². The fourth-order valence-electron chi connectivity index (χ4n) is 3.28. The van der Waals surface area contributed by atoms with E-state index in [2.05, 4.69) is 77.8 Å². The Labute approximate surface area is 139 Å². The number of hydrogen-bond donors (Lipinski definition) is 0. The lowest BCUT2D eigenvalue weighted by molar-refractivity contribution is 1.39. The minimum Gasteiger partial charge on any atom is -0.256 e. The molecule has 5 aromatic rings. The Balaban J connectivity index is 1.72. The lowest BCUT2D eigenvalue weighted by Crippen LogP contribution is -1.87. The third kappa shape index (κ3) is 2.04. The van der Waals surface area contributed by atoms with Crippen LogP contribution in [0, 0.1) is 0 Å². The summed E-state index contributed by atoms with van der Waals surface area (Å²) < 4.78 is 0. The summed E-state index contributed by atoms with van der Waals surface area (Å²) in [5, 5.41) is 4.82. The fraction of sp³-hybridized carbons (Fsp3) is 0. The standard InChI is InChI=1S/C22H14N2/c1-2-6-18-15(4-1)7-11-22-19(18)9-12-21(24-22)17-8-10-20-16(14-17)5-3-13-23-20/h1-14H. The van der Waals surface area contributed by atoms with E-state index < -0.39 is 0 Å². The van der Waals surface area contributed by atoms with E-state index in [1.54, 1.807) is 0 Å². The number of rotatable bonds is 1. The van der Waals surface area contributed by atoms with Crippen LogP contribution < -0.4 is 0 Å². The van der Waals surface area contributed by atoms with Gasteiger partial charge in [0.15, 0.2) is 0 Å². The van der Waals surface area contributed by atoms with E-state index in [1.807, 2.05) is 12.3 Å². The first-order valence-electron chi connectivity index (χ1n) is 8.02. The Bertz CT molecular complexity index is 1210. The molecule has 0 aliphatic rings. The molecule has 0 spiro atoms. The number of fused-ring (bicyclic) bond motifs is 4. The topological polar surface area (TPSA) is 25.8 Å². The van der Waals surface area contributed by atoms with Crippen molar-refractivity contribution in [3.8, 4) is 11.3 Å². The average Bonchev–Trinajstić information content (AvgIpc) is 2.67. The molecule has 0 radical (unpaired) electrons. The second kappa shape index (κ2) is 5.14. The summed E-state index contributed by atoms with van der Waals surface area (Å²) in [6.07, 6.45) is 1.82. The molecule has 0 amide bonds. The first kappa shape index (κ1) is 13.2. The van der Waals surface area contributed by atoms with Crippen LogP contribution in [0.25, 0.3) is 43.8 Å². The van der Waals surface area contributed by atoms with Crippen molar-refractivity contribution >= 4 is 32.6 Å². The molecular formula is C22H14N2. The Kier molecular flexibility index (Phi) is 2.83. The van der Waals surface area contributed by atoms with E-state index in [0.29, 0.717) is 0 Å². The molecule has 0 bridgehead atoms. The van der Waals surface area contributed by atoms with Gasteiger partial charge in [-0.2, -0.15) is 0 Å². The van der Waals surface area contributed by atoms with Crippen molar-refractivity contribution in [3.05, 3.63) is 85.1 Å². The van der Waals surface area contributed by atoms with Crippen molar-refractivity contribution in [2.45, 2.75) is 0 Å². The Morgan fingerprint density at radius 1 is 0.583 bits per heavy atom. The molecule has 2 heteroatoms. The van der Waals surface area contributed by atoms with Crippen LogP contribution in [-0.4, -0.2) is 9.97 Å². The molecule has 0 saturated heterocycles. The number of nitrogens with zero attached hydrogens (tertiary/aromatic N) is 2. The van der Waals surface area contributed by atoms with Crippen LogP contribution in [0.4, 0.5) is 0 Å². The number of hydrogen-bond acceptors (Lipinski definition) is 2. The molecule has 3 aromatic carbocycles. The molecule has 0 unspecified atom stereocenters. The number of aromatic nitrogens is 2. The molecule has 0 fully saturated rings. The maximum atomic E-state index is 4.88. The van der Waals surface area contributed by atoms with Gasteiger partial charge in [-0.1, -0.05) is 48.5 Å². The molecule has 0 N–H and O–H groups in total. The Morgan fingerprint density at radius 2 is 1.46 bits per heavy atom. The van der Waals surface area contributed by atoms with E-state index in [1.165, 1.54) is 16.2 Å². The highest BCUT2D eigenvalue weighted by atomic mass is 14.7. The minimum absolute atomic E-state index is 0.989. The van der Waals surface area contributed by atoms with Crippen molar-refractivity contribution < 1.29 is 0 Å². The quantitative estimate of drug-likeness (QED) is 0.376. The highest BCUT2D eigenvalue weighted by molar-refractivity contribution is 6.06. The maximum Gasteiger partial charge on any atom is 0.0715 e. The van der Waals surface area contributed by atoms with Crippen LogP contribution in [0.2, 0.25) is 0 Å². The second-order valence-electron chi connectivity index (χ2n) is 5.96. The summed E-state index contributed by atoms with van der Waals surface area (Å²) >= 11 is 0. The van der Waals surface area contributed by atoms with Gasteiger partial charge in [0.25, 0.3) is 0 Å². The largest absolute Gasteiger partial charge is 0.256 e. The molecule has 0 aliphatic heterocycles. The maximum absolute atomic E-state index is 4.88. The Morgan fingerprint density at radius 3 is 2.46 bits per heavy atom.